The molecule has 0 amide bonds. The first-order valence-electron chi connectivity index (χ1n) is 5.86. The van der Waals surface area contributed by atoms with E-state index in [-0.39, 0.29) is 29.0 Å². The maximum Gasteiger partial charge on any atom is 0.207 e. The molecule has 8 heteroatoms. The molecule has 3 rings (SSSR count). The van der Waals surface area contributed by atoms with E-state index in [1.54, 1.807) is 0 Å². The van der Waals surface area contributed by atoms with Gasteiger partial charge in [-0.1, -0.05) is 5.16 Å². The predicted octanol–water partition coefficient (Wildman–Crippen LogP) is 1.85. The summed E-state index contributed by atoms with van der Waals surface area (Å²) in [7, 11) is 0. The first-order valence-corrected chi connectivity index (χ1v) is 5.86. The Hall–Kier alpha value is -1.90. The highest BCUT2D eigenvalue weighted by atomic mass is 19.2. The van der Waals surface area contributed by atoms with Crippen molar-refractivity contribution >= 4 is 23.0 Å². The van der Waals surface area contributed by atoms with E-state index < -0.39 is 17.9 Å². The van der Waals surface area contributed by atoms with E-state index in [4.69, 9.17) is 19.1 Å². The Labute approximate surface area is 111 Å². The number of hydrogen-bond donors (Lipinski definition) is 1. The third-order valence-corrected chi connectivity index (χ3v) is 2.83. The molecule has 2 aromatic rings. The van der Waals surface area contributed by atoms with Gasteiger partial charge in [-0.25, -0.2) is 9.38 Å². The van der Waals surface area contributed by atoms with Crippen molar-refractivity contribution in [1.29, 1.82) is 0 Å². The molecule has 0 spiro atoms. The molecule has 1 aliphatic rings. The lowest BCUT2D eigenvalue weighted by molar-refractivity contribution is -0.0467. The van der Waals surface area contributed by atoms with Gasteiger partial charge in [0.1, 0.15) is 0 Å². The summed E-state index contributed by atoms with van der Waals surface area (Å²) in [5.74, 6) is -2.22. The number of hydrogen-bond acceptors (Lipinski definition) is 6. The smallest absolute Gasteiger partial charge is 0.207 e. The maximum absolute atomic E-state index is 13.9. The van der Waals surface area contributed by atoms with Crippen LogP contribution in [0.4, 0.5) is 14.6 Å². The minimum absolute atomic E-state index is 0.0483. The minimum Gasteiger partial charge on any atom is -0.391 e. The van der Waals surface area contributed by atoms with Crippen LogP contribution in [0.3, 0.4) is 0 Å². The number of aliphatic hydroxyl groups is 1. The van der Waals surface area contributed by atoms with Crippen LogP contribution in [0.25, 0.3) is 11.0 Å². The summed E-state index contributed by atoms with van der Waals surface area (Å²) in [6, 6.07) is 1.32. The van der Waals surface area contributed by atoms with Gasteiger partial charge in [0.2, 0.25) is 17.2 Å². The first kappa shape index (κ1) is 13.1. The molecule has 1 N–H and O–H groups in total. The summed E-state index contributed by atoms with van der Waals surface area (Å²) in [5.41, 5.74) is -0.412. The predicted molar refractivity (Wildman–Crippen MR) is 63.8 cm³/mol. The van der Waals surface area contributed by atoms with Crippen LogP contribution in [0.2, 0.25) is 0 Å². The normalized spacial score (nSPS) is 16.8. The van der Waals surface area contributed by atoms with E-state index in [9.17, 15) is 8.78 Å². The summed E-state index contributed by atoms with van der Waals surface area (Å²) in [4.78, 5) is 3.80. The molecule has 6 nitrogen and oxygen atoms in total. The van der Waals surface area contributed by atoms with Crippen molar-refractivity contribution in [2.45, 2.75) is 6.29 Å². The van der Waals surface area contributed by atoms with E-state index in [0.717, 1.165) is 0 Å². The fourth-order valence-electron chi connectivity index (χ4n) is 1.95. The lowest BCUT2D eigenvalue weighted by atomic mass is 10.1. The van der Waals surface area contributed by atoms with E-state index in [1.165, 1.54) is 12.3 Å². The van der Waals surface area contributed by atoms with E-state index in [1.807, 2.05) is 0 Å². The molecule has 0 bridgehead atoms. The second-order valence-electron chi connectivity index (χ2n) is 4.04. The average Bonchev–Trinajstić information content (AvgIpc) is 3.09. The largest absolute Gasteiger partial charge is 0.391 e. The molecule has 0 atom stereocenters. The molecule has 1 aromatic heterocycles. The van der Waals surface area contributed by atoms with Crippen LogP contribution in [0.1, 0.15) is 11.9 Å². The van der Waals surface area contributed by atoms with E-state index in [0.29, 0.717) is 13.2 Å². The van der Waals surface area contributed by atoms with Gasteiger partial charge in [-0.2, -0.15) is 4.39 Å². The molecule has 1 fully saturated rings. The summed E-state index contributed by atoms with van der Waals surface area (Å²) in [5, 5.41) is 12.4. The fraction of sp³-hybridized carbons (Fsp3) is 0.333. The van der Waals surface area contributed by atoms with Crippen molar-refractivity contribution in [3.05, 3.63) is 23.3 Å². The van der Waals surface area contributed by atoms with Crippen molar-refractivity contribution in [3.8, 4) is 0 Å². The molecule has 2 heterocycles. The Morgan fingerprint density at radius 1 is 1.35 bits per heavy atom. The number of fused-ring (bicyclic) bond motifs is 1. The summed E-state index contributed by atoms with van der Waals surface area (Å²) in [6.07, 6.45) is 0.208. The van der Waals surface area contributed by atoms with Gasteiger partial charge in [0.05, 0.1) is 25.2 Å². The number of nitrogens with zero attached hydrogens (tertiary/aromatic N) is 2. The Morgan fingerprint density at radius 2 is 2.10 bits per heavy atom. The molecule has 0 aliphatic carbocycles. The fourth-order valence-corrected chi connectivity index (χ4v) is 1.95. The Balaban J connectivity index is 2.15. The number of aromatic nitrogens is 1. The maximum atomic E-state index is 13.9. The third kappa shape index (κ3) is 2.07. The lowest BCUT2D eigenvalue weighted by Gasteiger charge is -2.10. The van der Waals surface area contributed by atoms with Crippen LogP contribution in [0.15, 0.2) is 15.6 Å². The Kier molecular flexibility index (Phi) is 3.43. The number of rotatable bonds is 3. The Bertz CT molecular complexity index is 665. The second kappa shape index (κ2) is 5.23. The van der Waals surface area contributed by atoms with E-state index >= 15 is 0 Å². The molecule has 106 valence electrons. The van der Waals surface area contributed by atoms with Gasteiger partial charge >= 0.3 is 0 Å². The van der Waals surface area contributed by atoms with E-state index in [2.05, 4.69) is 10.1 Å². The first-order chi connectivity index (χ1) is 9.72. The molecule has 20 heavy (non-hydrogen) atoms. The number of benzene rings is 1. The van der Waals surface area contributed by atoms with Crippen molar-refractivity contribution < 1.29 is 27.9 Å². The highest BCUT2D eigenvalue weighted by Crippen LogP contribution is 2.35. The van der Waals surface area contributed by atoms with Gasteiger partial charge in [0, 0.05) is 11.8 Å². The molecular weight excluding hydrogens is 274 g/mol. The van der Waals surface area contributed by atoms with Gasteiger partial charge in [0.25, 0.3) is 0 Å². The number of aliphatic hydroxyl groups excluding tert-OH is 1. The average molecular weight is 284 g/mol. The molecule has 1 aromatic carbocycles. The monoisotopic (exact) mass is 284 g/mol. The third-order valence-electron chi connectivity index (χ3n) is 2.83. The number of halogens is 2. The van der Waals surface area contributed by atoms with Gasteiger partial charge < -0.3 is 19.1 Å². The van der Waals surface area contributed by atoms with Crippen LogP contribution in [-0.4, -0.2) is 36.3 Å². The van der Waals surface area contributed by atoms with Gasteiger partial charge in [-0.3, -0.25) is 0 Å². The van der Waals surface area contributed by atoms with Crippen LogP contribution < -0.4 is 0 Å². The summed E-state index contributed by atoms with van der Waals surface area (Å²) >= 11 is 0. The van der Waals surface area contributed by atoms with Gasteiger partial charge in [-0.15, -0.1) is 0 Å². The topological polar surface area (TPSA) is 77.1 Å². The van der Waals surface area contributed by atoms with Crippen LogP contribution in [-0.2, 0) is 9.47 Å². The summed E-state index contributed by atoms with van der Waals surface area (Å²) in [6.45, 7) is 0.311. The van der Waals surface area contributed by atoms with Crippen molar-refractivity contribution in [2.75, 3.05) is 19.8 Å². The standard InChI is InChI=1S/C12H10F2N2O4/c13-8-6(12-18-3-4-19-12)5-7-10(9(8)14)20-16-11(7)15-1-2-17/h1,5,12,17H,2-4H2. The molecule has 1 saturated heterocycles. The van der Waals surface area contributed by atoms with Crippen LogP contribution in [0, 0.1) is 11.6 Å². The molecule has 0 saturated carbocycles. The van der Waals surface area contributed by atoms with Crippen molar-refractivity contribution in [1.82, 2.24) is 5.16 Å². The minimum atomic E-state index is -1.17. The van der Waals surface area contributed by atoms with Crippen LogP contribution in [0.5, 0.6) is 0 Å². The zero-order chi connectivity index (χ0) is 14.1. The molecule has 0 unspecified atom stereocenters. The van der Waals surface area contributed by atoms with Crippen LogP contribution >= 0.6 is 0 Å². The molecule has 0 radical (unpaired) electrons. The van der Waals surface area contributed by atoms with Crippen molar-refractivity contribution in [2.24, 2.45) is 4.99 Å². The quantitative estimate of drug-likeness (QED) is 0.870. The lowest BCUT2D eigenvalue weighted by Crippen LogP contribution is -2.03. The van der Waals surface area contributed by atoms with Gasteiger partial charge in [0.15, 0.2) is 12.1 Å². The zero-order valence-corrected chi connectivity index (χ0v) is 10.2. The van der Waals surface area contributed by atoms with Crippen molar-refractivity contribution in [3.63, 3.8) is 0 Å². The highest BCUT2D eigenvalue weighted by molar-refractivity contribution is 5.89. The number of ether oxygens (including phenoxy) is 2. The molecular formula is C12H10F2N2O4. The second-order valence-corrected chi connectivity index (χ2v) is 4.04. The zero-order valence-electron chi connectivity index (χ0n) is 10.2. The highest BCUT2D eigenvalue weighted by Gasteiger charge is 2.28. The number of aliphatic imine (C=N–C) groups is 1. The SMILES string of the molecule is OCC=Nc1noc2c(F)c(F)c(C3OCCO3)cc12. The van der Waals surface area contributed by atoms with Gasteiger partial charge in [-0.05, 0) is 6.07 Å². The Morgan fingerprint density at radius 3 is 2.80 bits per heavy atom. The summed E-state index contributed by atoms with van der Waals surface area (Å²) < 4.78 is 42.9. The molecule has 1 aliphatic heterocycles.